The van der Waals surface area contributed by atoms with Crippen LogP contribution in [-0.2, 0) is 4.79 Å². The van der Waals surface area contributed by atoms with E-state index in [0.717, 1.165) is 5.39 Å². The topological polar surface area (TPSA) is 143 Å². The van der Waals surface area contributed by atoms with Crippen LogP contribution in [0, 0.1) is 5.82 Å². The Morgan fingerprint density at radius 1 is 1.06 bits per heavy atom. The number of nitrogens with one attached hydrogen (secondary N) is 2. The Morgan fingerprint density at radius 3 is 2.44 bits per heavy atom. The van der Waals surface area contributed by atoms with Crippen molar-refractivity contribution < 1.29 is 37.0 Å². The number of carboxylic acids is 1. The van der Waals surface area contributed by atoms with E-state index in [0.29, 0.717) is 17.1 Å². The van der Waals surface area contributed by atoms with Crippen LogP contribution in [0.3, 0.4) is 0 Å². The summed E-state index contributed by atoms with van der Waals surface area (Å²) in [6.45, 7) is 0. The minimum atomic E-state index is -5.08. The average Bonchev–Trinajstić information content (AvgIpc) is 3.25. The zero-order valence-corrected chi connectivity index (χ0v) is 16.9. The number of rotatable bonds is 5. The van der Waals surface area contributed by atoms with Crippen molar-refractivity contribution in [3.63, 3.8) is 0 Å². The molecule has 0 radical (unpaired) electrons. The van der Waals surface area contributed by atoms with Gasteiger partial charge in [0.2, 0.25) is 0 Å². The zero-order valence-electron chi connectivity index (χ0n) is 16.9. The Labute approximate surface area is 188 Å². The lowest BCUT2D eigenvalue weighted by Gasteiger charge is -2.11. The lowest BCUT2D eigenvalue weighted by atomic mass is 10.2. The minimum Gasteiger partial charge on any atom is -0.475 e. The van der Waals surface area contributed by atoms with Crippen molar-refractivity contribution in [1.29, 1.82) is 0 Å². The summed E-state index contributed by atoms with van der Waals surface area (Å²) >= 11 is 0. The molecule has 0 saturated carbocycles. The van der Waals surface area contributed by atoms with E-state index in [-0.39, 0.29) is 17.1 Å². The number of H-pyrrole nitrogens is 1. The van der Waals surface area contributed by atoms with Crippen molar-refractivity contribution in [3.05, 3.63) is 72.4 Å². The molecule has 4 aromatic rings. The molecule has 0 spiro atoms. The molecule has 1 aromatic carbocycles. The van der Waals surface area contributed by atoms with Crippen molar-refractivity contribution in [2.45, 2.75) is 6.18 Å². The monoisotopic (exact) mass is 477 g/mol. The van der Waals surface area contributed by atoms with E-state index in [4.69, 9.17) is 20.4 Å². The fourth-order valence-corrected chi connectivity index (χ4v) is 2.64. The number of aliphatic carboxylic acids is 1. The molecule has 3 aromatic heterocycles. The predicted octanol–water partition coefficient (Wildman–Crippen LogP) is 4.37. The second-order valence-corrected chi connectivity index (χ2v) is 6.49. The lowest BCUT2D eigenvalue weighted by Crippen LogP contribution is -2.21. The molecule has 0 saturated heterocycles. The Kier molecular flexibility index (Phi) is 6.95. The van der Waals surface area contributed by atoms with Gasteiger partial charge in [0, 0.05) is 30.3 Å². The van der Waals surface area contributed by atoms with Gasteiger partial charge in [-0.2, -0.15) is 13.2 Å². The number of carbonyl (C=O) groups excluding carboxylic acids is 1. The molecule has 1 amide bonds. The van der Waals surface area contributed by atoms with E-state index in [1.807, 2.05) is 0 Å². The number of aromatic nitrogens is 3. The molecule has 0 bridgehead atoms. The van der Waals surface area contributed by atoms with E-state index >= 15 is 0 Å². The number of fused-ring (bicyclic) bond motifs is 1. The van der Waals surface area contributed by atoms with Gasteiger partial charge in [0.15, 0.2) is 11.6 Å². The summed E-state index contributed by atoms with van der Waals surface area (Å²) in [7, 11) is 0. The van der Waals surface area contributed by atoms with Gasteiger partial charge in [-0.15, -0.1) is 0 Å². The first kappa shape index (κ1) is 24.0. The number of nitrogens with two attached hydrogens (primary N) is 1. The van der Waals surface area contributed by atoms with Crippen LogP contribution in [0.25, 0.3) is 11.0 Å². The molecule has 0 aliphatic heterocycles. The number of benzene rings is 1. The molecule has 34 heavy (non-hydrogen) atoms. The van der Waals surface area contributed by atoms with Crippen LogP contribution in [-0.4, -0.2) is 38.1 Å². The summed E-state index contributed by atoms with van der Waals surface area (Å²) in [5, 5.41) is 10.8. The SMILES string of the molecule is NC(=O)c1cccnc1Nc1ccc(Oc2ccnc3[nH]ccc23)c(F)c1.O=C(O)C(F)(F)F. The van der Waals surface area contributed by atoms with Crippen molar-refractivity contribution in [3.8, 4) is 11.5 Å². The number of aromatic amines is 1. The molecule has 9 nitrogen and oxygen atoms in total. The minimum absolute atomic E-state index is 0.0606. The molecular formula is C21H15F4N5O4. The summed E-state index contributed by atoms with van der Waals surface area (Å²) in [4.78, 5) is 31.6. The number of primary amides is 1. The van der Waals surface area contributed by atoms with Gasteiger partial charge in [0.25, 0.3) is 5.91 Å². The van der Waals surface area contributed by atoms with E-state index in [1.165, 1.54) is 24.4 Å². The number of halogens is 4. The molecule has 13 heteroatoms. The van der Waals surface area contributed by atoms with Crippen molar-refractivity contribution >= 4 is 34.4 Å². The number of pyridine rings is 2. The Bertz CT molecular complexity index is 1340. The van der Waals surface area contributed by atoms with Crippen LogP contribution in [0.1, 0.15) is 10.4 Å². The van der Waals surface area contributed by atoms with Crippen LogP contribution in [0.15, 0.2) is 61.1 Å². The number of alkyl halides is 3. The summed E-state index contributed by atoms with van der Waals surface area (Å²) in [5.74, 6) is -3.16. The molecule has 0 unspecified atom stereocenters. The van der Waals surface area contributed by atoms with E-state index in [2.05, 4.69) is 20.3 Å². The third kappa shape index (κ3) is 5.76. The highest BCUT2D eigenvalue weighted by atomic mass is 19.4. The maximum atomic E-state index is 14.5. The fourth-order valence-electron chi connectivity index (χ4n) is 2.64. The summed E-state index contributed by atoms with van der Waals surface area (Å²) in [6.07, 6.45) is -0.264. The van der Waals surface area contributed by atoms with Gasteiger partial charge in [-0.1, -0.05) is 0 Å². The Balaban J connectivity index is 0.000000406. The molecule has 3 heterocycles. The predicted molar refractivity (Wildman–Crippen MR) is 112 cm³/mol. The normalized spacial score (nSPS) is 10.8. The summed E-state index contributed by atoms with van der Waals surface area (Å²) < 4.78 is 52.0. The van der Waals surface area contributed by atoms with Gasteiger partial charge < -0.3 is 25.9 Å². The third-order valence-electron chi connectivity index (χ3n) is 4.15. The van der Waals surface area contributed by atoms with Crippen LogP contribution in [0.5, 0.6) is 11.5 Å². The van der Waals surface area contributed by atoms with E-state index in [1.54, 1.807) is 36.7 Å². The molecule has 0 atom stereocenters. The van der Waals surface area contributed by atoms with Gasteiger partial charge in [0.05, 0.1) is 10.9 Å². The number of ether oxygens (including phenoxy) is 1. The van der Waals surface area contributed by atoms with Crippen molar-refractivity contribution in [1.82, 2.24) is 15.0 Å². The summed E-state index contributed by atoms with van der Waals surface area (Å²) in [6, 6.07) is 11.0. The molecule has 0 aliphatic rings. The van der Waals surface area contributed by atoms with Crippen molar-refractivity contribution in [2.24, 2.45) is 5.73 Å². The number of hydrogen-bond donors (Lipinski definition) is 4. The van der Waals surface area contributed by atoms with Gasteiger partial charge >= 0.3 is 12.1 Å². The van der Waals surface area contributed by atoms with Crippen molar-refractivity contribution in [2.75, 3.05) is 5.32 Å². The van der Waals surface area contributed by atoms with Crippen LogP contribution >= 0.6 is 0 Å². The van der Waals surface area contributed by atoms with Gasteiger partial charge in [0.1, 0.15) is 17.2 Å². The first-order valence-electron chi connectivity index (χ1n) is 9.27. The molecule has 0 fully saturated rings. The summed E-state index contributed by atoms with van der Waals surface area (Å²) in [5.41, 5.74) is 6.60. The largest absolute Gasteiger partial charge is 0.490 e. The number of anilines is 2. The van der Waals surface area contributed by atoms with Crippen LogP contribution < -0.4 is 15.8 Å². The zero-order chi connectivity index (χ0) is 24.9. The number of amides is 1. The van der Waals surface area contributed by atoms with Crippen LogP contribution in [0.2, 0.25) is 0 Å². The van der Waals surface area contributed by atoms with E-state index < -0.39 is 23.9 Å². The molecule has 0 aliphatic carbocycles. The first-order valence-corrected chi connectivity index (χ1v) is 9.27. The van der Waals surface area contributed by atoms with Gasteiger partial charge in [-0.25, -0.2) is 19.2 Å². The Hall–Kier alpha value is -4.68. The molecule has 5 N–H and O–H groups in total. The third-order valence-corrected chi connectivity index (χ3v) is 4.15. The highest BCUT2D eigenvalue weighted by Gasteiger charge is 2.38. The number of nitrogens with zero attached hydrogens (tertiary/aromatic N) is 2. The smallest absolute Gasteiger partial charge is 0.475 e. The first-order chi connectivity index (χ1) is 16.1. The molecular weight excluding hydrogens is 462 g/mol. The highest BCUT2D eigenvalue weighted by Crippen LogP contribution is 2.31. The quantitative estimate of drug-likeness (QED) is 0.313. The second kappa shape index (κ2) is 9.85. The maximum Gasteiger partial charge on any atom is 0.490 e. The fraction of sp³-hybridized carbons (Fsp3) is 0.0476. The number of hydrogen-bond acceptors (Lipinski definition) is 6. The highest BCUT2D eigenvalue weighted by molar-refractivity contribution is 5.98. The van der Waals surface area contributed by atoms with Gasteiger partial charge in [-0.05, 0) is 36.4 Å². The van der Waals surface area contributed by atoms with Crippen LogP contribution in [0.4, 0.5) is 29.1 Å². The number of carbonyl (C=O) groups is 2. The Morgan fingerprint density at radius 2 is 1.79 bits per heavy atom. The standard InChI is InChI=1S/C19H14FN5O2.C2HF3O2/c20-14-10-11(25-19-13(17(21)26)2-1-7-22-19)3-4-16(14)27-15-6-9-24-18-12(15)5-8-23-18;3-2(4,5)1(6)7/h1-10H,(H2,21,26)(H,22,25)(H,23,24);(H,6,7). The maximum absolute atomic E-state index is 14.5. The van der Waals surface area contributed by atoms with E-state index in [9.17, 15) is 22.4 Å². The molecule has 4 rings (SSSR count). The van der Waals surface area contributed by atoms with Gasteiger partial charge in [-0.3, -0.25) is 4.79 Å². The second-order valence-electron chi connectivity index (χ2n) is 6.49. The number of carboxylic acid groups (broad SMARTS) is 1. The lowest BCUT2D eigenvalue weighted by molar-refractivity contribution is -0.192. The molecule has 176 valence electrons. The average molecular weight is 477 g/mol.